The third-order valence-electron chi connectivity index (χ3n) is 3.17. The van der Waals surface area contributed by atoms with Crippen molar-refractivity contribution in [2.24, 2.45) is 0 Å². The molecule has 0 aliphatic carbocycles. The van der Waals surface area contributed by atoms with E-state index in [1.54, 1.807) is 19.1 Å². The molecule has 5 nitrogen and oxygen atoms in total. The van der Waals surface area contributed by atoms with Gasteiger partial charge >= 0.3 is 5.97 Å². The number of aryl methyl sites for hydroxylation is 1. The number of aromatic nitrogens is 1. The Morgan fingerprint density at radius 2 is 2.42 bits per heavy atom. The molecule has 0 amide bonds. The van der Waals surface area contributed by atoms with Gasteiger partial charge in [0, 0.05) is 12.2 Å². The fourth-order valence-electron chi connectivity index (χ4n) is 2.39. The molecular weight excluding hydrogens is 242 g/mol. The summed E-state index contributed by atoms with van der Waals surface area (Å²) in [7, 11) is 0. The molecule has 1 aromatic rings. The van der Waals surface area contributed by atoms with Gasteiger partial charge in [0.15, 0.2) is 0 Å². The van der Waals surface area contributed by atoms with E-state index in [-0.39, 0.29) is 12.0 Å². The van der Waals surface area contributed by atoms with Gasteiger partial charge in [0.25, 0.3) is 0 Å². The van der Waals surface area contributed by atoms with Crippen LogP contribution < -0.4 is 4.90 Å². The lowest BCUT2D eigenvalue weighted by Crippen LogP contribution is -2.38. The summed E-state index contributed by atoms with van der Waals surface area (Å²) in [6.07, 6.45) is 1.71. The largest absolute Gasteiger partial charge is 0.464 e. The normalized spacial score (nSPS) is 18.2. The van der Waals surface area contributed by atoms with Crippen LogP contribution in [0.25, 0.3) is 0 Å². The van der Waals surface area contributed by atoms with Crippen molar-refractivity contribution < 1.29 is 9.53 Å². The number of hydrogen-bond acceptors (Lipinski definition) is 5. The first-order chi connectivity index (χ1) is 9.15. The summed E-state index contributed by atoms with van der Waals surface area (Å²) >= 11 is 0. The molecular formula is C14H17N3O2. The van der Waals surface area contributed by atoms with Crippen LogP contribution in [0.3, 0.4) is 0 Å². The highest BCUT2D eigenvalue weighted by atomic mass is 16.5. The van der Waals surface area contributed by atoms with Gasteiger partial charge in [0.1, 0.15) is 11.9 Å². The average molecular weight is 259 g/mol. The minimum absolute atomic E-state index is 0.207. The highest BCUT2D eigenvalue weighted by Crippen LogP contribution is 2.25. The molecule has 0 radical (unpaired) electrons. The predicted octanol–water partition coefficient (Wildman–Crippen LogP) is 1.79. The number of anilines is 1. The van der Waals surface area contributed by atoms with E-state index in [0.717, 1.165) is 25.1 Å². The summed E-state index contributed by atoms with van der Waals surface area (Å²) in [6.45, 7) is 4.80. The van der Waals surface area contributed by atoms with Gasteiger partial charge in [-0.15, -0.1) is 0 Å². The smallest absolute Gasteiger partial charge is 0.328 e. The van der Waals surface area contributed by atoms with Crippen LogP contribution in [-0.4, -0.2) is 30.1 Å². The summed E-state index contributed by atoms with van der Waals surface area (Å²) in [5.74, 6) is 0.480. The number of ether oxygens (including phenoxy) is 1. The highest BCUT2D eigenvalue weighted by Gasteiger charge is 2.32. The number of nitriles is 1. The summed E-state index contributed by atoms with van der Waals surface area (Å²) in [5, 5.41) is 9.00. The van der Waals surface area contributed by atoms with Crippen LogP contribution in [0.15, 0.2) is 12.1 Å². The van der Waals surface area contributed by atoms with Gasteiger partial charge in [-0.2, -0.15) is 5.26 Å². The van der Waals surface area contributed by atoms with Crippen molar-refractivity contribution >= 4 is 11.8 Å². The summed E-state index contributed by atoms with van der Waals surface area (Å²) < 4.78 is 5.09. The number of nitrogens with zero attached hydrogens (tertiary/aromatic N) is 3. The van der Waals surface area contributed by atoms with Crippen LogP contribution in [0.2, 0.25) is 0 Å². The van der Waals surface area contributed by atoms with Crippen molar-refractivity contribution in [1.82, 2.24) is 4.98 Å². The van der Waals surface area contributed by atoms with E-state index in [1.165, 1.54) is 0 Å². The maximum Gasteiger partial charge on any atom is 0.328 e. The van der Waals surface area contributed by atoms with Crippen LogP contribution in [-0.2, 0) is 9.53 Å². The Morgan fingerprint density at radius 1 is 1.63 bits per heavy atom. The van der Waals surface area contributed by atoms with E-state index in [2.05, 4.69) is 11.1 Å². The van der Waals surface area contributed by atoms with E-state index in [0.29, 0.717) is 18.0 Å². The lowest BCUT2D eigenvalue weighted by atomic mass is 10.2. The second-order valence-corrected chi connectivity index (χ2v) is 4.57. The molecule has 1 aliphatic heterocycles. The number of carbonyl (C=O) groups is 1. The molecule has 5 heteroatoms. The van der Waals surface area contributed by atoms with Gasteiger partial charge in [-0.1, -0.05) is 0 Å². The SMILES string of the molecule is CCOC(=O)C1CCCN1c1cc(C#N)cc(C)n1. The molecule has 1 aromatic heterocycles. The number of carbonyl (C=O) groups excluding carboxylic acids is 1. The fourth-order valence-corrected chi connectivity index (χ4v) is 2.39. The second-order valence-electron chi connectivity index (χ2n) is 4.57. The van der Waals surface area contributed by atoms with Crippen LogP contribution in [0.4, 0.5) is 5.82 Å². The first-order valence-electron chi connectivity index (χ1n) is 6.47. The summed E-state index contributed by atoms with van der Waals surface area (Å²) in [6, 6.07) is 5.30. The molecule has 2 heterocycles. The van der Waals surface area contributed by atoms with E-state index in [1.807, 2.05) is 11.8 Å². The van der Waals surface area contributed by atoms with Crippen molar-refractivity contribution in [2.45, 2.75) is 32.7 Å². The standard InChI is InChI=1S/C14H17N3O2/c1-3-19-14(18)12-5-4-6-17(12)13-8-11(9-15)7-10(2)16-13/h7-8,12H,3-6H2,1-2H3. The van der Waals surface area contributed by atoms with Gasteiger partial charge < -0.3 is 9.64 Å². The zero-order chi connectivity index (χ0) is 13.8. The molecule has 0 bridgehead atoms. The van der Waals surface area contributed by atoms with E-state index < -0.39 is 0 Å². The van der Waals surface area contributed by atoms with E-state index >= 15 is 0 Å². The fraction of sp³-hybridized carbons (Fsp3) is 0.500. The van der Waals surface area contributed by atoms with E-state index in [9.17, 15) is 4.79 Å². The Bertz CT molecular complexity index is 522. The number of hydrogen-bond donors (Lipinski definition) is 0. The lowest BCUT2D eigenvalue weighted by Gasteiger charge is -2.24. The van der Waals surface area contributed by atoms with Crippen molar-refractivity contribution in [1.29, 1.82) is 5.26 Å². The quantitative estimate of drug-likeness (QED) is 0.774. The van der Waals surface area contributed by atoms with Gasteiger partial charge in [-0.05, 0) is 38.8 Å². The van der Waals surface area contributed by atoms with Crippen molar-refractivity contribution in [3.63, 3.8) is 0 Å². The third kappa shape index (κ3) is 2.84. The topological polar surface area (TPSA) is 66.2 Å². The molecule has 0 aromatic carbocycles. The minimum Gasteiger partial charge on any atom is -0.464 e. The lowest BCUT2D eigenvalue weighted by molar-refractivity contribution is -0.144. The number of pyridine rings is 1. The van der Waals surface area contributed by atoms with Crippen molar-refractivity contribution in [3.05, 3.63) is 23.4 Å². The first kappa shape index (κ1) is 13.3. The molecule has 100 valence electrons. The Balaban J connectivity index is 2.27. The highest BCUT2D eigenvalue weighted by molar-refractivity contribution is 5.80. The number of esters is 1. The number of rotatable bonds is 3. The molecule has 1 unspecified atom stereocenters. The molecule has 19 heavy (non-hydrogen) atoms. The molecule has 1 saturated heterocycles. The molecule has 1 atom stereocenters. The molecule has 1 fully saturated rings. The van der Waals surface area contributed by atoms with E-state index in [4.69, 9.17) is 10.00 Å². The monoisotopic (exact) mass is 259 g/mol. The molecule has 0 N–H and O–H groups in total. The van der Waals surface area contributed by atoms with Crippen LogP contribution in [0, 0.1) is 18.3 Å². The first-order valence-corrected chi connectivity index (χ1v) is 6.47. The van der Waals surface area contributed by atoms with Crippen LogP contribution in [0.1, 0.15) is 31.0 Å². The zero-order valence-electron chi connectivity index (χ0n) is 11.2. The van der Waals surface area contributed by atoms with Crippen molar-refractivity contribution in [3.8, 4) is 6.07 Å². The van der Waals surface area contributed by atoms with Gasteiger partial charge in [-0.25, -0.2) is 9.78 Å². The summed E-state index contributed by atoms with van der Waals surface area (Å²) in [4.78, 5) is 18.3. The molecule has 0 spiro atoms. The van der Waals surface area contributed by atoms with Gasteiger partial charge in [0.05, 0.1) is 18.2 Å². The molecule has 1 aliphatic rings. The molecule has 2 rings (SSSR count). The van der Waals surface area contributed by atoms with Gasteiger partial charge in [-0.3, -0.25) is 0 Å². The maximum absolute atomic E-state index is 11.9. The van der Waals surface area contributed by atoms with Crippen LogP contribution >= 0.6 is 0 Å². The summed E-state index contributed by atoms with van der Waals surface area (Å²) in [5.41, 5.74) is 1.35. The maximum atomic E-state index is 11.9. The molecule has 0 saturated carbocycles. The second kappa shape index (κ2) is 5.70. The van der Waals surface area contributed by atoms with Crippen LogP contribution in [0.5, 0.6) is 0 Å². The Kier molecular flexibility index (Phi) is 4.00. The van der Waals surface area contributed by atoms with Gasteiger partial charge in [0.2, 0.25) is 0 Å². The Labute approximate surface area is 112 Å². The predicted molar refractivity (Wildman–Crippen MR) is 70.7 cm³/mol. The minimum atomic E-state index is -0.277. The van der Waals surface area contributed by atoms with Crippen molar-refractivity contribution in [2.75, 3.05) is 18.1 Å². The Hall–Kier alpha value is -2.09. The Morgan fingerprint density at radius 3 is 3.11 bits per heavy atom. The third-order valence-corrected chi connectivity index (χ3v) is 3.17. The zero-order valence-corrected chi connectivity index (χ0v) is 11.2. The average Bonchev–Trinajstić information content (AvgIpc) is 2.87.